The Hall–Kier alpha value is -3.29. The zero-order valence-corrected chi connectivity index (χ0v) is 15.4. The second-order valence-electron chi connectivity index (χ2n) is 6.56. The molecule has 29 heavy (non-hydrogen) atoms. The topological polar surface area (TPSA) is 58.6 Å². The van der Waals surface area contributed by atoms with Crippen LogP contribution >= 0.6 is 0 Å². The molecule has 2 aromatic carbocycles. The molecule has 1 aliphatic rings. The van der Waals surface area contributed by atoms with E-state index >= 15 is 0 Å². The van der Waals surface area contributed by atoms with E-state index in [0.29, 0.717) is 24.2 Å². The lowest BCUT2D eigenvalue weighted by atomic mass is 10.2. The molecule has 0 bridgehead atoms. The molecule has 0 spiro atoms. The smallest absolute Gasteiger partial charge is 0.406 e. The van der Waals surface area contributed by atoms with Gasteiger partial charge in [0.2, 0.25) is 11.8 Å². The van der Waals surface area contributed by atoms with Crippen LogP contribution in [-0.4, -0.2) is 29.6 Å². The summed E-state index contributed by atoms with van der Waals surface area (Å²) >= 11 is 0. The zero-order valence-electron chi connectivity index (χ0n) is 15.4. The van der Waals surface area contributed by atoms with Gasteiger partial charge in [0, 0.05) is 31.3 Å². The molecule has 152 valence electrons. The SMILES string of the molecule is O=C(/C=C/c1ccc(OC(F)(F)F)cc1)Nc1cccc(CN2CCCC2=O)c1. The van der Waals surface area contributed by atoms with E-state index < -0.39 is 6.36 Å². The Bertz CT molecular complexity index is 908. The van der Waals surface area contributed by atoms with Crippen molar-refractivity contribution >= 4 is 23.6 Å². The van der Waals surface area contributed by atoms with E-state index in [1.807, 2.05) is 6.07 Å². The highest BCUT2D eigenvalue weighted by Gasteiger charge is 2.30. The number of ether oxygens (including phenoxy) is 1. The lowest BCUT2D eigenvalue weighted by molar-refractivity contribution is -0.274. The molecule has 1 aliphatic heterocycles. The van der Waals surface area contributed by atoms with E-state index in [9.17, 15) is 22.8 Å². The van der Waals surface area contributed by atoms with Gasteiger partial charge in [-0.25, -0.2) is 0 Å². The largest absolute Gasteiger partial charge is 0.573 e. The normalized spacial score (nSPS) is 14.4. The lowest BCUT2D eigenvalue weighted by Crippen LogP contribution is -2.23. The van der Waals surface area contributed by atoms with Crippen molar-refractivity contribution in [2.24, 2.45) is 0 Å². The third-order valence-corrected chi connectivity index (χ3v) is 4.28. The number of rotatable bonds is 6. The van der Waals surface area contributed by atoms with Crippen molar-refractivity contribution in [1.82, 2.24) is 4.90 Å². The van der Waals surface area contributed by atoms with Gasteiger partial charge in [-0.1, -0.05) is 24.3 Å². The van der Waals surface area contributed by atoms with Crippen molar-refractivity contribution in [3.63, 3.8) is 0 Å². The van der Waals surface area contributed by atoms with Crippen LogP contribution in [0.2, 0.25) is 0 Å². The molecule has 0 atom stereocenters. The summed E-state index contributed by atoms with van der Waals surface area (Å²) in [5.74, 6) is -0.573. The van der Waals surface area contributed by atoms with Crippen molar-refractivity contribution in [2.75, 3.05) is 11.9 Å². The number of carbonyl (C=O) groups excluding carboxylic acids is 2. The van der Waals surface area contributed by atoms with E-state index in [0.717, 1.165) is 18.5 Å². The molecular formula is C21H19F3N2O3. The van der Waals surface area contributed by atoms with Gasteiger partial charge < -0.3 is 15.0 Å². The van der Waals surface area contributed by atoms with Crippen molar-refractivity contribution < 1.29 is 27.5 Å². The molecule has 1 heterocycles. The van der Waals surface area contributed by atoms with Crippen LogP contribution in [0.5, 0.6) is 5.75 Å². The first kappa shape index (κ1) is 20.4. The van der Waals surface area contributed by atoms with Crippen molar-refractivity contribution in [2.45, 2.75) is 25.7 Å². The predicted octanol–water partition coefficient (Wildman–Crippen LogP) is 4.36. The minimum Gasteiger partial charge on any atom is -0.406 e. The average Bonchev–Trinajstić information content (AvgIpc) is 3.05. The van der Waals surface area contributed by atoms with Crippen LogP contribution < -0.4 is 10.1 Å². The summed E-state index contributed by atoms with van der Waals surface area (Å²) in [5, 5.41) is 2.73. The van der Waals surface area contributed by atoms with Gasteiger partial charge in [-0.05, 0) is 47.9 Å². The Kier molecular flexibility index (Phi) is 6.21. The predicted molar refractivity (Wildman–Crippen MR) is 102 cm³/mol. The number of nitrogens with zero attached hydrogens (tertiary/aromatic N) is 1. The van der Waals surface area contributed by atoms with Gasteiger partial charge >= 0.3 is 6.36 Å². The Morgan fingerprint density at radius 2 is 1.93 bits per heavy atom. The lowest BCUT2D eigenvalue weighted by Gasteiger charge is -2.16. The second-order valence-corrected chi connectivity index (χ2v) is 6.56. The molecule has 1 saturated heterocycles. The first-order valence-electron chi connectivity index (χ1n) is 9.00. The fraction of sp³-hybridized carbons (Fsp3) is 0.238. The number of alkyl halides is 3. The van der Waals surface area contributed by atoms with Crippen molar-refractivity contribution in [1.29, 1.82) is 0 Å². The molecule has 0 aromatic heterocycles. The first-order chi connectivity index (χ1) is 13.8. The number of anilines is 1. The summed E-state index contributed by atoms with van der Waals surface area (Å²) < 4.78 is 40.3. The number of benzene rings is 2. The number of halogens is 3. The Labute approximate surface area is 165 Å². The molecule has 0 unspecified atom stereocenters. The van der Waals surface area contributed by atoms with Gasteiger partial charge in [-0.2, -0.15) is 0 Å². The minimum atomic E-state index is -4.74. The highest BCUT2D eigenvalue weighted by atomic mass is 19.4. The highest BCUT2D eigenvalue weighted by Crippen LogP contribution is 2.23. The summed E-state index contributed by atoms with van der Waals surface area (Å²) in [6, 6.07) is 12.4. The number of hydrogen-bond donors (Lipinski definition) is 1. The van der Waals surface area contributed by atoms with Gasteiger partial charge in [-0.15, -0.1) is 13.2 Å². The summed E-state index contributed by atoms with van der Waals surface area (Å²) in [6.45, 7) is 1.25. The van der Waals surface area contributed by atoms with Crippen molar-refractivity contribution in [3.05, 3.63) is 65.7 Å². The molecule has 2 aromatic rings. The Morgan fingerprint density at radius 1 is 1.17 bits per heavy atom. The van der Waals surface area contributed by atoms with Gasteiger partial charge in [0.05, 0.1) is 0 Å². The van der Waals surface area contributed by atoms with E-state index in [1.165, 1.54) is 36.4 Å². The monoisotopic (exact) mass is 404 g/mol. The van der Waals surface area contributed by atoms with E-state index in [2.05, 4.69) is 10.1 Å². The van der Waals surface area contributed by atoms with Crippen LogP contribution in [-0.2, 0) is 16.1 Å². The summed E-state index contributed by atoms with van der Waals surface area (Å²) in [5.41, 5.74) is 2.07. The first-order valence-corrected chi connectivity index (χ1v) is 9.00. The molecule has 1 fully saturated rings. The molecule has 0 aliphatic carbocycles. The fourth-order valence-corrected chi connectivity index (χ4v) is 2.98. The Morgan fingerprint density at radius 3 is 2.59 bits per heavy atom. The molecule has 0 saturated carbocycles. The quantitative estimate of drug-likeness (QED) is 0.728. The van der Waals surface area contributed by atoms with Gasteiger partial charge in [0.1, 0.15) is 5.75 Å². The third kappa shape index (κ3) is 6.38. The van der Waals surface area contributed by atoms with Crippen LogP contribution in [0.25, 0.3) is 6.08 Å². The number of hydrogen-bond acceptors (Lipinski definition) is 3. The third-order valence-electron chi connectivity index (χ3n) is 4.28. The Balaban J connectivity index is 1.56. The van der Waals surface area contributed by atoms with Crippen LogP contribution in [0.4, 0.5) is 18.9 Å². The standard InChI is InChI=1S/C21H19F3N2O3/c22-21(23,24)29-18-9-6-15(7-10-18)8-11-19(27)25-17-4-1-3-16(13-17)14-26-12-2-5-20(26)28/h1,3-4,6-11,13H,2,5,12,14H2,(H,25,27)/b11-8+. The fourth-order valence-electron chi connectivity index (χ4n) is 2.98. The van der Waals surface area contributed by atoms with E-state index in [4.69, 9.17) is 0 Å². The number of nitrogens with one attached hydrogen (secondary N) is 1. The van der Waals surface area contributed by atoms with Crippen molar-refractivity contribution in [3.8, 4) is 5.75 Å². The number of amides is 2. The maximum atomic E-state index is 12.2. The van der Waals surface area contributed by atoms with Gasteiger partial charge in [0.15, 0.2) is 0 Å². The maximum Gasteiger partial charge on any atom is 0.573 e. The molecule has 1 N–H and O–H groups in total. The van der Waals surface area contributed by atoms with Crippen LogP contribution in [0.3, 0.4) is 0 Å². The highest BCUT2D eigenvalue weighted by molar-refractivity contribution is 6.01. The number of carbonyl (C=O) groups is 2. The number of likely N-dealkylation sites (tertiary alicyclic amines) is 1. The zero-order chi connectivity index (χ0) is 20.9. The summed E-state index contributed by atoms with van der Waals surface area (Å²) in [6.07, 6.45) is -0.530. The van der Waals surface area contributed by atoms with E-state index in [-0.39, 0.29) is 17.6 Å². The van der Waals surface area contributed by atoms with Gasteiger partial charge in [0.25, 0.3) is 0 Å². The van der Waals surface area contributed by atoms with Crippen LogP contribution in [0, 0.1) is 0 Å². The summed E-state index contributed by atoms with van der Waals surface area (Å²) in [7, 11) is 0. The van der Waals surface area contributed by atoms with Crippen LogP contribution in [0.1, 0.15) is 24.0 Å². The minimum absolute atomic E-state index is 0.133. The van der Waals surface area contributed by atoms with Gasteiger partial charge in [-0.3, -0.25) is 9.59 Å². The summed E-state index contributed by atoms with van der Waals surface area (Å²) in [4.78, 5) is 25.6. The average molecular weight is 404 g/mol. The molecule has 2 amide bonds. The maximum absolute atomic E-state index is 12.2. The van der Waals surface area contributed by atoms with Crippen LogP contribution in [0.15, 0.2) is 54.6 Å². The van der Waals surface area contributed by atoms with E-state index in [1.54, 1.807) is 23.1 Å². The molecule has 3 rings (SSSR count). The molecular weight excluding hydrogens is 385 g/mol. The molecule has 5 nitrogen and oxygen atoms in total. The molecule has 8 heteroatoms. The molecule has 0 radical (unpaired) electrons. The second kappa shape index (κ2) is 8.81.